The van der Waals surface area contributed by atoms with Gasteiger partial charge in [-0.3, -0.25) is 9.48 Å². The van der Waals surface area contributed by atoms with Crippen molar-refractivity contribution in [3.05, 3.63) is 17.5 Å². The summed E-state index contributed by atoms with van der Waals surface area (Å²) in [5, 5.41) is 4.40. The first-order chi connectivity index (χ1) is 8.49. The second kappa shape index (κ2) is 5.12. The average molecular weight is 249 g/mol. The molecule has 1 aliphatic rings. The van der Waals surface area contributed by atoms with Crippen LogP contribution in [-0.4, -0.2) is 34.2 Å². The molecule has 1 amide bonds. The van der Waals surface area contributed by atoms with Crippen molar-refractivity contribution < 1.29 is 4.79 Å². The molecule has 2 rings (SSSR count). The molecule has 1 aliphatic carbocycles. The number of amides is 1. The van der Waals surface area contributed by atoms with E-state index >= 15 is 0 Å². The Bertz CT molecular complexity index is 434. The van der Waals surface area contributed by atoms with Gasteiger partial charge in [0, 0.05) is 19.3 Å². The summed E-state index contributed by atoms with van der Waals surface area (Å²) in [6, 6.07) is 1.80. The van der Waals surface area contributed by atoms with E-state index in [2.05, 4.69) is 5.10 Å². The summed E-state index contributed by atoms with van der Waals surface area (Å²) >= 11 is 0. The highest BCUT2D eigenvalue weighted by Gasteiger charge is 2.25. The minimum Gasteiger partial charge on any atom is -0.344 e. The van der Waals surface area contributed by atoms with Gasteiger partial charge in [-0.05, 0) is 45.6 Å². The van der Waals surface area contributed by atoms with Gasteiger partial charge in [-0.1, -0.05) is 6.42 Å². The number of hydrogen-bond acceptors (Lipinski definition) is 2. The van der Waals surface area contributed by atoms with E-state index in [9.17, 15) is 4.79 Å². The van der Waals surface area contributed by atoms with Crippen molar-refractivity contribution in [3.63, 3.8) is 0 Å². The number of aromatic nitrogens is 2. The van der Waals surface area contributed by atoms with Crippen molar-refractivity contribution in [2.75, 3.05) is 13.6 Å². The predicted molar refractivity (Wildman–Crippen MR) is 71.4 cm³/mol. The Morgan fingerprint density at radius 3 is 2.67 bits per heavy atom. The van der Waals surface area contributed by atoms with E-state index in [0.717, 1.165) is 17.9 Å². The van der Waals surface area contributed by atoms with Crippen molar-refractivity contribution in [1.82, 2.24) is 14.7 Å². The lowest BCUT2D eigenvalue weighted by molar-refractivity contribution is -0.134. The lowest BCUT2D eigenvalue weighted by atomic mass is 9.85. The Labute approximate surface area is 109 Å². The molecule has 1 heterocycles. The van der Waals surface area contributed by atoms with Gasteiger partial charge in [0.15, 0.2) is 0 Å². The van der Waals surface area contributed by atoms with Gasteiger partial charge in [-0.2, -0.15) is 5.10 Å². The molecule has 4 heteroatoms. The van der Waals surface area contributed by atoms with Crippen LogP contribution in [0.4, 0.5) is 0 Å². The number of rotatable bonds is 4. The summed E-state index contributed by atoms with van der Waals surface area (Å²) in [6.07, 6.45) is 3.86. The molecule has 0 radical (unpaired) electrons. The van der Waals surface area contributed by atoms with Crippen LogP contribution in [-0.2, 0) is 4.79 Å². The summed E-state index contributed by atoms with van der Waals surface area (Å²) in [4.78, 5) is 14.2. The van der Waals surface area contributed by atoms with E-state index in [1.807, 2.05) is 43.5 Å². The normalized spacial score (nSPS) is 17.3. The fourth-order valence-corrected chi connectivity index (χ4v) is 2.61. The van der Waals surface area contributed by atoms with Crippen molar-refractivity contribution in [1.29, 1.82) is 0 Å². The van der Waals surface area contributed by atoms with Crippen LogP contribution in [0.5, 0.6) is 0 Å². The van der Waals surface area contributed by atoms with E-state index in [1.165, 1.54) is 19.3 Å². The van der Waals surface area contributed by atoms with E-state index < -0.39 is 0 Å². The standard InChI is InChI=1S/C14H23N3O/c1-10-8-11(2)17(15-10)12(3)14(18)16(4)9-13-6-5-7-13/h8,12-13H,5-7,9H2,1-4H3. The van der Waals surface area contributed by atoms with Gasteiger partial charge in [0.2, 0.25) is 5.91 Å². The van der Waals surface area contributed by atoms with E-state index in [4.69, 9.17) is 0 Å². The van der Waals surface area contributed by atoms with Crippen molar-refractivity contribution in [3.8, 4) is 0 Å². The molecular weight excluding hydrogens is 226 g/mol. The monoisotopic (exact) mass is 249 g/mol. The largest absolute Gasteiger partial charge is 0.344 e. The first-order valence-corrected chi connectivity index (χ1v) is 6.76. The molecular formula is C14H23N3O. The summed E-state index contributed by atoms with van der Waals surface area (Å²) < 4.78 is 1.83. The van der Waals surface area contributed by atoms with Gasteiger partial charge in [-0.15, -0.1) is 0 Å². The fourth-order valence-electron chi connectivity index (χ4n) is 2.61. The molecule has 4 nitrogen and oxygen atoms in total. The van der Waals surface area contributed by atoms with Gasteiger partial charge < -0.3 is 4.90 Å². The van der Waals surface area contributed by atoms with Crippen molar-refractivity contribution >= 4 is 5.91 Å². The SMILES string of the molecule is Cc1cc(C)n(C(C)C(=O)N(C)CC2CCC2)n1. The second-order valence-corrected chi connectivity index (χ2v) is 5.56. The van der Waals surface area contributed by atoms with Gasteiger partial charge in [-0.25, -0.2) is 0 Å². The minimum absolute atomic E-state index is 0.160. The van der Waals surface area contributed by atoms with Crippen LogP contribution >= 0.6 is 0 Å². The Morgan fingerprint density at radius 1 is 1.56 bits per heavy atom. The molecule has 18 heavy (non-hydrogen) atoms. The topological polar surface area (TPSA) is 38.1 Å². The highest BCUT2D eigenvalue weighted by molar-refractivity contribution is 5.79. The quantitative estimate of drug-likeness (QED) is 0.821. The Kier molecular flexibility index (Phi) is 3.73. The number of nitrogens with zero attached hydrogens (tertiary/aromatic N) is 3. The minimum atomic E-state index is -0.205. The molecule has 1 fully saturated rings. The summed E-state index contributed by atoms with van der Waals surface area (Å²) in [5.41, 5.74) is 2.01. The molecule has 0 saturated heterocycles. The maximum absolute atomic E-state index is 12.3. The molecule has 1 aromatic heterocycles. The lowest BCUT2D eigenvalue weighted by Gasteiger charge is -2.31. The van der Waals surface area contributed by atoms with Crippen LogP contribution in [0.2, 0.25) is 0 Å². The van der Waals surface area contributed by atoms with Crippen LogP contribution in [0.3, 0.4) is 0 Å². The zero-order valence-corrected chi connectivity index (χ0v) is 11.8. The van der Waals surface area contributed by atoms with Crippen LogP contribution in [0.25, 0.3) is 0 Å². The Morgan fingerprint density at radius 2 is 2.22 bits per heavy atom. The molecule has 0 N–H and O–H groups in total. The molecule has 1 unspecified atom stereocenters. The Hall–Kier alpha value is -1.32. The van der Waals surface area contributed by atoms with Gasteiger partial charge in [0.25, 0.3) is 0 Å². The summed E-state index contributed by atoms with van der Waals surface area (Å²) in [6.45, 7) is 6.77. The summed E-state index contributed by atoms with van der Waals surface area (Å²) in [5.74, 6) is 0.875. The van der Waals surface area contributed by atoms with E-state index in [0.29, 0.717) is 5.92 Å². The maximum atomic E-state index is 12.3. The highest BCUT2D eigenvalue weighted by Crippen LogP contribution is 2.27. The molecule has 0 bridgehead atoms. The maximum Gasteiger partial charge on any atom is 0.246 e. The van der Waals surface area contributed by atoms with Crippen molar-refractivity contribution in [2.45, 2.75) is 46.1 Å². The predicted octanol–water partition coefficient (Wildman–Crippen LogP) is 2.32. The number of aryl methyl sites for hydroxylation is 2. The molecule has 0 spiro atoms. The lowest BCUT2D eigenvalue weighted by Crippen LogP contribution is -2.38. The van der Waals surface area contributed by atoms with Crippen LogP contribution in [0.1, 0.15) is 43.6 Å². The van der Waals surface area contributed by atoms with Crippen LogP contribution in [0, 0.1) is 19.8 Å². The second-order valence-electron chi connectivity index (χ2n) is 5.56. The van der Waals surface area contributed by atoms with Crippen LogP contribution < -0.4 is 0 Å². The Balaban J connectivity index is 2.00. The third-order valence-corrected chi connectivity index (χ3v) is 3.90. The van der Waals surface area contributed by atoms with Gasteiger partial charge >= 0.3 is 0 Å². The molecule has 1 aromatic rings. The van der Waals surface area contributed by atoms with E-state index in [1.54, 1.807) is 0 Å². The third kappa shape index (κ3) is 2.57. The van der Waals surface area contributed by atoms with E-state index in [-0.39, 0.29) is 11.9 Å². The molecule has 0 aliphatic heterocycles. The molecule has 0 aromatic carbocycles. The third-order valence-electron chi connectivity index (χ3n) is 3.90. The molecule has 1 saturated carbocycles. The number of likely N-dealkylation sites (N-methyl/N-ethyl adjacent to an activating group) is 1. The van der Waals surface area contributed by atoms with Gasteiger partial charge in [0.05, 0.1) is 5.69 Å². The number of hydrogen-bond donors (Lipinski definition) is 0. The average Bonchev–Trinajstić information content (AvgIpc) is 2.60. The highest BCUT2D eigenvalue weighted by atomic mass is 16.2. The number of carbonyl (C=O) groups is 1. The first-order valence-electron chi connectivity index (χ1n) is 6.76. The molecule has 1 atom stereocenters. The summed E-state index contributed by atoms with van der Waals surface area (Å²) in [7, 11) is 1.91. The smallest absolute Gasteiger partial charge is 0.246 e. The fraction of sp³-hybridized carbons (Fsp3) is 0.714. The molecule has 100 valence electrons. The van der Waals surface area contributed by atoms with Crippen LogP contribution in [0.15, 0.2) is 6.07 Å². The zero-order chi connectivity index (χ0) is 13.3. The zero-order valence-electron chi connectivity index (χ0n) is 11.8. The first kappa shape index (κ1) is 13.1. The number of carbonyl (C=O) groups excluding carboxylic acids is 1. The van der Waals surface area contributed by atoms with Crippen molar-refractivity contribution in [2.24, 2.45) is 5.92 Å². The van der Waals surface area contributed by atoms with Gasteiger partial charge in [0.1, 0.15) is 6.04 Å².